The van der Waals surface area contributed by atoms with E-state index in [1.54, 1.807) is 14.2 Å². The third-order valence-electron chi connectivity index (χ3n) is 6.00. The monoisotopic (exact) mass is 377 g/mol. The maximum atomic E-state index is 12.8. The summed E-state index contributed by atoms with van der Waals surface area (Å²) >= 11 is 0. The van der Waals surface area contributed by atoms with Gasteiger partial charge < -0.3 is 24.4 Å². The van der Waals surface area contributed by atoms with E-state index in [4.69, 9.17) is 9.47 Å². The second kappa shape index (κ2) is 8.83. The third-order valence-corrected chi connectivity index (χ3v) is 6.00. The van der Waals surface area contributed by atoms with Gasteiger partial charge in [-0.25, -0.2) is 0 Å². The van der Waals surface area contributed by atoms with Crippen LogP contribution in [0.3, 0.4) is 0 Å². The Balaban J connectivity index is 1.56. The molecular weight excluding hydrogens is 344 g/mol. The number of carbonyl (C=O) groups is 1. The van der Waals surface area contributed by atoms with E-state index in [9.17, 15) is 9.90 Å². The van der Waals surface area contributed by atoms with Gasteiger partial charge in [-0.3, -0.25) is 4.79 Å². The molecule has 2 fully saturated rings. The molecule has 2 saturated heterocycles. The molecular formula is C21H33N2O4+. The quantitative estimate of drug-likeness (QED) is 0.816. The smallest absolute Gasteiger partial charge is 0.226 e. The number of carbonyl (C=O) groups excluding carboxylic acids is 1. The van der Waals surface area contributed by atoms with Crippen LogP contribution in [0.5, 0.6) is 17.2 Å². The van der Waals surface area contributed by atoms with E-state index in [1.807, 2.05) is 12.1 Å². The fourth-order valence-corrected chi connectivity index (χ4v) is 4.44. The Hall–Kier alpha value is -1.95. The van der Waals surface area contributed by atoms with Crippen molar-refractivity contribution >= 4 is 5.91 Å². The molecule has 1 aromatic carbocycles. The first-order valence-electron chi connectivity index (χ1n) is 10.1. The highest BCUT2D eigenvalue weighted by Crippen LogP contribution is 2.36. The number of rotatable bonds is 5. The summed E-state index contributed by atoms with van der Waals surface area (Å²) in [5.74, 6) is 2.10. The summed E-state index contributed by atoms with van der Waals surface area (Å²) in [6.07, 6.45) is 4.28. The number of phenols is 1. The minimum Gasteiger partial charge on any atom is -0.502 e. The van der Waals surface area contributed by atoms with Crippen molar-refractivity contribution in [1.29, 1.82) is 0 Å². The number of piperidine rings is 2. The number of methoxy groups -OCH3 is 2. The van der Waals surface area contributed by atoms with Crippen molar-refractivity contribution in [3.8, 4) is 17.2 Å². The molecule has 1 amide bonds. The summed E-state index contributed by atoms with van der Waals surface area (Å²) in [4.78, 5) is 16.4. The molecule has 150 valence electrons. The summed E-state index contributed by atoms with van der Waals surface area (Å²) in [7, 11) is 3.09. The highest BCUT2D eigenvalue weighted by Gasteiger charge is 2.32. The average Bonchev–Trinajstić information content (AvgIpc) is 2.69. The zero-order valence-corrected chi connectivity index (χ0v) is 16.8. The van der Waals surface area contributed by atoms with Gasteiger partial charge in [0, 0.05) is 37.4 Å². The molecule has 2 aliphatic rings. The van der Waals surface area contributed by atoms with Crippen LogP contribution < -0.4 is 14.4 Å². The molecule has 2 heterocycles. The van der Waals surface area contributed by atoms with Crippen molar-refractivity contribution in [2.75, 3.05) is 40.4 Å². The average molecular weight is 378 g/mol. The summed E-state index contributed by atoms with van der Waals surface area (Å²) in [5.41, 5.74) is 1.08. The normalized spacial score (nSPS) is 25.9. The van der Waals surface area contributed by atoms with Crippen molar-refractivity contribution in [3.05, 3.63) is 17.7 Å². The largest absolute Gasteiger partial charge is 0.502 e. The molecule has 0 radical (unpaired) electrons. The van der Waals surface area contributed by atoms with E-state index >= 15 is 0 Å². The summed E-state index contributed by atoms with van der Waals surface area (Å²) in [5, 5.41) is 10.1. The molecule has 0 spiro atoms. The minimum atomic E-state index is 0.0406. The maximum absolute atomic E-state index is 12.8. The lowest BCUT2D eigenvalue weighted by molar-refractivity contribution is -0.919. The van der Waals surface area contributed by atoms with Crippen LogP contribution in [0.4, 0.5) is 0 Å². The first-order chi connectivity index (χ1) is 13.0. The fourth-order valence-electron chi connectivity index (χ4n) is 4.44. The number of amides is 1. The predicted octanol–water partition coefficient (Wildman–Crippen LogP) is 1.46. The van der Waals surface area contributed by atoms with Crippen molar-refractivity contribution in [1.82, 2.24) is 4.90 Å². The van der Waals surface area contributed by atoms with Gasteiger partial charge in [0.25, 0.3) is 0 Å². The number of hydrogen-bond acceptors (Lipinski definition) is 4. The van der Waals surface area contributed by atoms with Gasteiger partial charge in [0.15, 0.2) is 11.5 Å². The van der Waals surface area contributed by atoms with Crippen LogP contribution in [0.15, 0.2) is 12.1 Å². The lowest BCUT2D eigenvalue weighted by Gasteiger charge is -2.36. The highest BCUT2D eigenvalue weighted by molar-refractivity contribution is 5.79. The number of phenolic OH excluding ortho intramolecular Hbond substituents is 1. The first-order valence-corrected chi connectivity index (χ1v) is 10.1. The third kappa shape index (κ3) is 4.67. The number of hydrogen-bond donors (Lipinski definition) is 2. The molecule has 0 unspecified atom stereocenters. The van der Waals surface area contributed by atoms with Gasteiger partial charge in [-0.1, -0.05) is 6.92 Å². The molecule has 2 N–H and O–H groups in total. The van der Waals surface area contributed by atoms with E-state index in [1.165, 1.54) is 11.3 Å². The van der Waals surface area contributed by atoms with Crippen LogP contribution in [-0.2, 0) is 11.3 Å². The van der Waals surface area contributed by atoms with E-state index in [2.05, 4.69) is 11.8 Å². The molecule has 0 bridgehead atoms. The highest BCUT2D eigenvalue weighted by atomic mass is 16.5. The van der Waals surface area contributed by atoms with Crippen molar-refractivity contribution in [2.24, 2.45) is 11.8 Å². The number of ether oxygens (including phenoxy) is 2. The van der Waals surface area contributed by atoms with E-state index in [-0.39, 0.29) is 11.7 Å². The van der Waals surface area contributed by atoms with Gasteiger partial charge in [-0.15, -0.1) is 0 Å². The number of quaternary nitrogens is 1. The van der Waals surface area contributed by atoms with Gasteiger partial charge in [0.2, 0.25) is 11.7 Å². The SMILES string of the molecule is COc1cc(C[NH+]2CCC(C(=O)N3CCC[C@H](C)C3)CC2)cc(OC)c1O. The second-order valence-corrected chi connectivity index (χ2v) is 8.08. The van der Waals surface area contributed by atoms with Gasteiger partial charge >= 0.3 is 0 Å². The molecule has 0 saturated carbocycles. The zero-order chi connectivity index (χ0) is 19.4. The first kappa shape index (κ1) is 19.8. The molecule has 2 aliphatic heterocycles. The predicted molar refractivity (Wildman–Crippen MR) is 103 cm³/mol. The molecule has 1 aromatic rings. The molecule has 0 aromatic heterocycles. The number of nitrogens with one attached hydrogen (secondary N) is 1. The van der Waals surface area contributed by atoms with E-state index in [0.29, 0.717) is 23.3 Å². The number of benzene rings is 1. The summed E-state index contributed by atoms with van der Waals surface area (Å²) in [6, 6.07) is 3.74. The topological polar surface area (TPSA) is 63.4 Å². The van der Waals surface area contributed by atoms with Crippen LogP contribution in [0, 0.1) is 11.8 Å². The van der Waals surface area contributed by atoms with Crippen LogP contribution in [0.2, 0.25) is 0 Å². The van der Waals surface area contributed by atoms with Crippen molar-refractivity contribution in [3.63, 3.8) is 0 Å². The van der Waals surface area contributed by atoms with Crippen LogP contribution in [-0.4, -0.2) is 56.3 Å². The Labute approximate surface area is 162 Å². The Morgan fingerprint density at radius 1 is 1.19 bits per heavy atom. The van der Waals surface area contributed by atoms with Gasteiger partial charge in [0.1, 0.15) is 6.54 Å². The van der Waals surface area contributed by atoms with Gasteiger partial charge in [-0.05, 0) is 30.9 Å². The molecule has 3 rings (SSSR count). The Morgan fingerprint density at radius 3 is 2.37 bits per heavy atom. The van der Waals surface area contributed by atoms with Crippen molar-refractivity contribution in [2.45, 2.75) is 39.2 Å². The Kier molecular flexibility index (Phi) is 6.47. The van der Waals surface area contributed by atoms with Gasteiger partial charge in [0.05, 0.1) is 27.3 Å². The molecule has 6 heteroatoms. The summed E-state index contributed by atoms with van der Waals surface area (Å²) in [6.45, 7) is 6.93. The Morgan fingerprint density at radius 2 is 1.81 bits per heavy atom. The van der Waals surface area contributed by atoms with Crippen LogP contribution in [0.25, 0.3) is 0 Å². The lowest BCUT2D eigenvalue weighted by Crippen LogP contribution is -3.11. The maximum Gasteiger partial charge on any atom is 0.226 e. The van der Waals surface area contributed by atoms with Crippen LogP contribution in [0.1, 0.15) is 38.2 Å². The Bertz CT molecular complexity index is 631. The molecule has 27 heavy (non-hydrogen) atoms. The van der Waals surface area contributed by atoms with Gasteiger partial charge in [-0.2, -0.15) is 0 Å². The standard InChI is InChI=1S/C21H32N2O4/c1-15-5-4-8-23(13-15)21(25)17-6-9-22(10-7-17)14-16-11-18(26-2)20(24)19(12-16)27-3/h11-12,15,17,24H,4-10,13-14H2,1-3H3/p+1/t15-/m0/s1. The summed E-state index contributed by atoms with van der Waals surface area (Å²) < 4.78 is 10.5. The van der Waals surface area contributed by atoms with E-state index < -0.39 is 0 Å². The van der Waals surface area contributed by atoms with E-state index in [0.717, 1.165) is 57.5 Å². The van der Waals surface area contributed by atoms with Crippen molar-refractivity contribution < 1.29 is 24.3 Å². The minimum absolute atomic E-state index is 0.0406. The number of nitrogens with zero attached hydrogens (tertiary/aromatic N) is 1. The zero-order valence-electron chi connectivity index (χ0n) is 16.8. The fraction of sp³-hybridized carbons (Fsp3) is 0.667. The molecule has 0 aliphatic carbocycles. The second-order valence-electron chi connectivity index (χ2n) is 8.08. The molecule has 6 nitrogen and oxygen atoms in total. The number of aromatic hydroxyl groups is 1. The number of likely N-dealkylation sites (tertiary alicyclic amines) is 2. The van der Waals surface area contributed by atoms with Crippen LogP contribution >= 0.6 is 0 Å². The molecule has 1 atom stereocenters. The lowest BCUT2D eigenvalue weighted by atomic mass is 9.92.